The third-order valence-corrected chi connectivity index (χ3v) is 3.38. The number of nitrogens with two attached hydrogens (primary N) is 1. The number of halogens is 1. The molecule has 0 heterocycles. The Labute approximate surface area is 112 Å². The van der Waals surface area contributed by atoms with Crippen LogP contribution in [0.15, 0.2) is 12.1 Å². The summed E-state index contributed by atoms with van der Waals surface area (Å²) in [5.41, 5.74) is 8.24. The van der Waals surface area contributed by atoms with Crippen molar-refractivity contribution in [1.29, 1.82) is 0 Å². The molecule has 0 saturated heterocycles. The molecule has 0 bridgehead atoms. The molecule has 0 unspecified atom stereocenters. The van der Waals surface area contributed by atoms with Gasteiger partial charge < -0.3 is 16.0 Å². The van der Waals surface area contributed by atoms with E-state index in [0.29, 0.717) is 23.3 Å². The van der Waals surface area contributed by atoms with E-state index in [1.54, 1.807) is 6.07 Å². The van der Waals surface area contributed by atoms with Crippen LogP contribution < -0.4 is 16.0 Å². The lowest BCUT2D eigenvalue weighted by molar-refractivity contribution is -0.119. The topological polar surface area (TPSA) is 58.4 Å². The van der Waals surface area contributed by atoms with Crippen molar-refractivity contribution in [1.82, 2.24) is 5.32 Å². The third kappa shape index (κ3) is 3.07. The second-order valence-electron chi connectivity index (χ2n) is 4.86. The van der Waals surface area contributed by atoms with Crippen LogP contribution in [0.25, 0.3) is 0 Å². The maximum absolute atomic E-state index is 11.7. The van der Waals surface area contributed by atoms with E-state index >= 15 is 0 Å². The van der Waals surface area contributed by atoms with Gasteiger partial charge in [-0.15, -0.1) is 0 Å². The Hall–Kier alpha value is -1.42. The first-order valence-electron chi connectivity index (χ1n) is 6.03. The number of carbonyl (C=O) groups excluding carboxylic acids is 1. The van der Waals surface area contributed by atoms with Gasteiger partial charge in [-0.1, -0.05) is 11.6 Å². The summed E-state index contributed by atoms with van der Waals surface area (Å²) in [5.74, 6) is 0.0485. The monoisotopic (exact) mass is 267 g/mol. The van der Waals surface area contributed by atoms with Gasteiger partial charge in [-0.2, -0.15) is 0 Å². The van der Waals surface area contributed by atoms with Gasteiger partial charge in [0.25, 0.3) is 0 Å². The molecular weight excluding hydrogens is 250 g/mol. The average Bonchev–Trinajstić information content (AvgIpc) is 3.06. The van der Waals surface area contributed by atoms with Gasteiger partial charge in [0.2, 0.25) is 5.91 Å². The first-order valence-corrected chi connectivity index (χ1v) is 6.41. The number of carbonyl (C=O) groups is 1. The van der Waals surface area contributed by atoms with E-state index in [9.17, 15) is 4.79 Å². The number of hydrogen-bond donors (Lipinski definition) is 2. The molecule has 3 N–H and O–H groups in total. The smallest absolute Gasteiger partial charge is 0.239 e. The lowest BCUT2D eigenvalue weighted by Crippen LogP contribution is -2.36. The molecule has 1 aromatic rings. The van der Waals surface area contributed by atoms with Gasteiger partial charge in [0.15, 0.2) is 0 Å². The predicted octanol–water partition coefficient (Wildman–Crippen LogP) is 1.95. The second kappa shape index (κ2) is 5.06. The van der Waals surface area contributed by atoms with Crippen LogP contribution in [0.3, 0.4) is 0 Å². The zero-order valence-electron chi connectivity index (χ0n) is 10.7. The third-order valence-electron chi connectivity index (χ3n) is 3.05. The number of amides is 1. The maximum atomic E-state index is 11.7. The standard InChI is InChI=1S/C13H18ClN3O/c1-8-5-11(15)10(14)6-12(8)17(2)7-13(18)16-9-3-4-9/h5-6,9H,3-4,7,15H2,1-2H3,(H,16,18). The number of likely N-dealkylation sites (N-methyl/N-ethyl adjacent to an activating group) is 1. The highest BCUT2D eigenvalue weighted by molar-refractivity contribution is 6.33. The zero-order valence-corrected chi connectivity index (χ0v) is 11.4. The summed E-state index contributed by atoms with van der Waals surface area (Å²) >= 11 is 6.01. The van der Waals surface area contributed by atoms with Crippen molar-refractivity contribution in [2.75, 3.05) is 24.2 Å². The number of nitrogen functional groups attached to an aromatic ring is 1. The molecule has 1 saturated carbocycles. The highest BCUT2D eigenvalue weighted by atomic mass is 35.5. The lowest BCUT2D eigenvalue weighted by atomic mass is 10.1. The molecule has 4 nitrogen and oxygen atoms in total. The number of nitrogens with zero attached hydrogens (tertiary/aromatic N) is 1. The Kier molecular flexibility index (Phi) is 3.66. The summed E-state index contributed by atoms with van der Waals surface area (Å²) in [6.45, 7) is 2.29. The first kappa shape index (κ1) is 13.0. The molecular formula is C13H18ClN3O. The fourth-order valence-corrected chi connectivity index (χ4v) is 2.06. The summed E-state index contributed by atoms with van der Waals surface area (Å²) in [6.07, 6.45) is 2.20. The van der Waals surface area contributed by atoms with Gasteiger partial charge in [-0.05, 0) is 37.5 Å². The van der Waals surface area contributed by atoms with Crippen LogP contribution >= 0.6 is 11.6 Å². The average molecular weight is 268 g/mol. The molecule has 1 aromatic carbocycles. The number of anilines is 2. The quantitative estimate of drug-likeness (QED) is 0.820. The highest BCUT2D eigenvalue weighted by Gasteiger charge is 2.23. The largest absolute Gasteiger partial charge is 0.398 e. The van der Waals surface area contributed by atoms with Gasteiger partial charge >= 0.3 is 0 Å². The number of benzene rings is 1. The summed E-state index contributed by atoms with van der Waals surface area (Å²) in [4.78, 5) is 13.6. The van der Waals surface area contributed by atoms with Crippen molar-refractivity contribution in [2.24, 2.45) is 0 Å². The molecule has 2 rings (SSSR count). The fraction of sp³-hybridized carbons (Fsp3) is 0.462. The summed E-state index contributed by atoms with van der Waals surface area (Å²) in [5, 5.41) is 3.48. The van der Waals surface area contributed by atoms with Crippen LogP contribution in [0.5, 0.6) is 0 Å². The van der Waals surface area contributed by atoms with Crippen molar-refractivity contribution in [3.63, 3.8) is 0 Å². The minimum atomic E-state index is 0.0485. The minimum Gasteiger partial charge on any atom is -0.398 e. The van der Waals surface area contributed by atoms with Gasteiger partial charge in [0, 0.05) is 18.8 Å². The summed E-state index contributed by atoms with van der Waals surface area (Å²) in [7, 11) is 1.88. The molecule has 18 heavy (non-hydrogen) atoms. The maximum Gasteiger partial charge on any atom is 0.239 e. The van der Waals surface area contributed by atoms with E-state index in [4.69, 9.17) is 17.3 Å². The SMILES string of the molecule is Cc1cc(N)c(Cl)cc1N(C)CC(=O)NC1CC1. The van der Waals surface area contributed by atoms with Gasteiger partial charge in [-0.25, -0.2) is 0 Å². The summed E-state index contributed by atoms with van der Waals surface area (Å²) < 4.78 is 0. The molecule has 98 valence electrons. The molecule has 1 aliphatic rings. The van der Waals surface area contributed by atoms with Crippen molar-refractivity contribution < 1.29 is 4.79 Å². The Bertz CT molecular complexity index is 472. The molecule has 0 radical (unpaired) electrons. The van der Waals surface area contributed by atoms with Gasteiger partial charge in [-0.3, -0.25) is 4.79 Å². The summed E-state index contributed by atoms with van der Waals surface area (Å²) in [6, 6.07) is 4.02. The molecule has 0 atom stereocenters. The molecule has 1 fully saturated rings. The Morgan fingerprint density at radius 3 is 2.83 bits per heavy atom. The van der Waals surface area contributed by atoms with Crippen molar-refractivity contribution in [2.45, 2.75) is 25.8 Å². The molecule has 1 aliphatic carbocycles. The van der Waals surface area contributed by atoms with Crippen LogP contribution in [0, 0.1) is 6.92 Å². The second-order valence-corrected chi connectivity index (χ2v) is 5.27. The zero-order chi connectivity index (χ0) is 13.3. The molecule has 0 aliphatic heterocycles. The minimum absolute atomic E-state index is 0.0485. The number of aryl methyl sites for hydroxylation is 1. The van der Waals surface area contributed by atoms with E-state index < -0.39 is 0 Å². The van der Waals surface area contributed by atoms with Crippen molar-refractivity contribution >= 4 is 28.9 Å². The number of rotatable bonds is 4. The van der Waals surface area contributed by atoms with Gasteiger partial charge in [0.1, 0.15) is 0 Å². The van der Waals surface area contributed by atoms with E-state index in [-0.39, 0.29) is 5.91 Å². The van der Waals surface area contributed by atoms with Crippen LogP contribution in [-0.2, 0) is 4.79 Å². The van der Waals surface area contributed by atoms with E-state index in [0.717, 1.165) is 24.1 Å². The Morgan fingerprint density at radius 2 is 2.22 bits per heavy atom. The lowest BCUT2D eigenvalue weighted by Gasteiger charge is -2.21. The van der Waals surface area contributed by atoms with E-state index in [1.807, 2.05) is 24.9 Å². The van der Waals surface area contributed by atoms with Crippen LogP contribution in [0.1, 0.15) is 18.4 Å². The normalized spacial score (nSPS) is 14.4. The highest BCUT2D eigenvalue weighted by Crippen LogP contribution is 2.28. The van der Waals surface area contributed by atoms with Crippen LogP contribution in [-0.4, -0.2) is 25.5 Å². The van der Waals surface area contributed by atoms with Gasteiger partial charge in [0.05, 0.1) is 17.3 Å². The molecule has 1 amide bonds. The number of nitrogens with one attached hydrogen (secondary N) is 1. The first-order chi connectivity index (χ1) is 8.47. The van der Waals surface area contributed by atoms with Crippen LogP contribution in [0.4, 0.5) is 11.4 Å². The Balaban J connectivity index is 2.05. The molecule has 0 aromatic heterocycles. The van der Waals surface area contributed by atoms with Crippen molar-refractivity contribution in [3.05, 3.63) is 22.7 Å². The molecule has 5 heteroatoms. The van der Waals surface area contributed by atoms with E-state index in [1.165, 1.54) is 0 Å². The fourth-order valence-electron chi connectivity index (χ4n) is 1.91. The Morgan fingerprint density at radius 1 is 1.56 bits per heavy atom. The molecule has 0 spiro atoms. The number of hydrogen-bond acceptors (Lipinski definition) is 3. The van der Waals surface area contributed by atoms with E-state index in [2.05, 4.69) is 5.32 Å². The van der Waals surface area contributed by atoms with Crippen LogP contribution in [0.2, 0.25) is 5.02 Å². The predicted molar refractivity (Wildman–Crippen MR) is 75.0 cm³/mol. The van der Waals surface area contributed by atoms with Crippen molar-refractivity contribution in [3.8, 4) is 0 Å².